The van der Waals surface area contributed by atoms with Gasteiger partial charge in [0.05, 0.1) is 7.11 Å². The van der Waals surface area contributed by atoms with Crippen LogP contribution in [0.25, 0.3) is 0 Å². The van der Waals surface area contributed by atoms with E-state index in [1.807, 2.05) is 0 Å². The lowest BCUT2D eigenvalue weighted by Crippen LogP contribution is -2.33. The van der Waals surface area contributed by atoms with Crippen molar-refractivity contribution in [2.75, 3.05) is 33.3 Å². The molecule has 0 aromatic heterocycles. The molecule has 1 fully saturated rings. The molecule has 1 heterocycles. The molecule has 22 heavy (non-hydrogen) atoms. The maximum absolute atomic E-state index is 12.4. The largest absolute Gasteiger partial charge is 0.495 e. The summed E-state index contributed by atoms with van der Waals surface area (Å²) >= 11 is 5.89. The van der Waals surface area contributed by atoms with Crippen LogP contribution in [-0.2, 0) is 10.0 Å². The summed E-state index contributed by atoms with van der Waals surface area (Å²) in [7, 11) is -2.16. The van der Waals surface area contributed by atoms with Crippen LogP contribution in [0.1, 0.15) is 25.7 Å². The Labute approximate surface area is 137 Å². The van der Waals surface area contributed by atoms with Crippen molar-refractivity contribution in [2.45, 2.75) is 30.6 Å². The first-order chi connectivity index (χ1) is 10.5. The third kappa shape index (κ3) is 4.84. The van der Waals surface area contributed by atoms with Crippen LogP contribution in [0.5, 0.6) is 5.75 Å². The Bertz CT molecular complexity index is 586. The van der Waals surface area contributed by atoms with Gasteiger partial charge in [0.25, 0.3) is 0 Å². The van der Waals surface area contributed by atoms with E-state index in [-0.39, 0.29) is 4.90 Å². The number of sulfonamides is 1. The second kappa shape index (κ2) is 8.15. The van der Waals surface area contributed by atoms with E-state index in [0.29, 0.717) is 17.3 Å². The first-order valence-corrected chi connectivity index (χ1v) is 9.44. The van der Waals surface area contributed by atoms with E-state index in [4.69, 9.17) is 16.3 Å². The number of piperidine rings is 1. The molecule has 1 N–H and O–H groups in total. The molecule has 5 nitrogen and oxygen atoms in total. The predicted molar refractivity (Wildman–Crippen MR) is 88.1 cm³/mol. The normalized spacial score (nSPS) is 16.6. The number of likely N-dealkylation sites (tertiary alicyclic amines) is 1. The Morgan fingerprint density at radius 3 is 2.68 bits per heavy atom. The fraction of sp³-hybridized carbons (Fsp3) is 0.600. The molecule has 1 aliphatic rings. The Hall–Kier alpha value is -0.820. The smallest absolute Gasteiger partial charge is 0.244 e. The van der Waals surface area contributed by atoms with Gasteiger partial charge in [-0.15, -0.1) is 0 Å². The molecule has 7 heteroatoms. The molecular weight excluding hydrogens is 324 g/mol. The summed E-state index contributed by atoms with van der Waals surface area (Å²) in [6.45, 7) is 3.58. The third-order valence-electron chi connectivity index (χ3n) is 3.81. The first kappa shape index (κ1) is 17.5. The second-order valence-corrected chi connectivity index (χ2v) is 7.62. The van der Waals surface area contributed by atoms with Crippen LogP contribution in [0, 0.1) is 0 Å². The van der Waals surface area contributed by atoms with E-state index < -0.39 is 10.0 Å². The summed E-state index contributed by atoms with van der Waals surface area (Å²) in [5.74, 6) is 0.299. The lowest BCUT2D eigenvalue weighted by molar-refractivity contribution is 0.227. The van der Waals surface area contributed by atoms with Gasteiger partial charge in [-0.1, -0.05) is 18.0 Å². The van der Waals surface area contributed by atoms with Gasteiger partial charge in [-0.3, -0.25) is 0 Å². The van der Waals surface area contributed by atoms with Crippen LogP contribution in [-0.4, -0.2) is 46.6 Å². The number of methoxy groups -OCH3 is 1. The van der Waals surface area contributed by atoms with Crippen molar-refractivity contribution in [1.82, 2.24) is 9.62 Å². The molecule has 124 valence electrons. The Kier molecular flexibility index (Phi) is 6.50. The average Bonchev–Trinajstić information content (AvgIpc) is 2.52. The van der Waals surface area contributed by atoms with Crippen LogP contribution in [0.3, 0.4) is 0 Å². The van der Waals surface area contributed by atoms with Gasteiger partial charge in [0.15, 0.2) is 0 Å². The minimum absolute atomic E-state index is 0.0838. The van der Waals surface area contributed by atoms with Gasteiger partial charge >= 0.3 is 0 Å². The number of rotatable bonds is 7. The summed E-state index contributed by atoms with van der Waals surface area (Å²) < 4.78 is 32.4. The Morgan fingerprint density at radius 1 is 1.27 bits per heavy atom. The van der Waals surface area contributed by atoms with Crippen LogP contribution in [0.15, 0.2) is 23.1 Å². The summed E-state index contributed by atoms with van der Waals surface area (Å²) in [5, 5.41) is 0.370. The fourth-order valence-corrected chi connectivity index (χ4v) is 4.13. The topological polar surface area (TPSA) is 58.6 Å². The van der Waals surface area contributed by atoms with Crippen molar-refractivity contribution < 1.29 is 13.2 Å². The van der Waals surface area contributed by atoms with Crippen molar-refractivity contribution >= 4 is 21.6 Å². The highest BCUT2D eigenvalue weighted by molar-refractivity contribution is 7.89. The monoisotopic (exact) mass is 346 g/mol. The first-order valence-electron chi connectivity index (χ1n) is 7.58. The van der Waals surface area contributed by atoms with Gasteiger partial charge in [-0.05, 0) is 57.1 Å². The lowest BCUT2D eigenvalue weighted by atomic mass is 10.1. The molecule has 1 saturated heterocycles. The molecule has 0 aliphatic carbocycles. The van der Waals surface area contributed by atoms with Crippen LogP contribution >= 0.6 is 11.6 Å². The zero-order valence-electron chi connectivity index (χ0n) is 12.8. The molecule has 0 amide bonds. The van der Waals surface area contributed by atoms with E-state index in [0.717, 1.165) is 26.1 Å². The zero-order chi connectivity index (χ0) is 16.0. The molecule has 1 aliphatic heterocycles. The summed E-state index contributed by atoms with van der Waals surface area (Å²) in [6.07, 6.45) is 4.58. The minimum Gasteiger partial charge on any atom is -0.495 e. The standard InChI is InChI=1S/C15H23ClN2O3S/c1-21-14-7-6-13(16)12-15(14)22(19,20)17-8-5-11-18-9-3-2-4-10-18/h6-7,12,17H,2-5,8-11H2,1H3. The summed E-state index contributed by atoms with van der Waals surface area (Å²) in [6, 6.07) is 4.58. The molecule has 0 atom stereocenters. The fourth-order valence-electron chi connectivity index (χ4n) is 2.63. The molecule has 0 bridgehead atoms. The average molecular weight is 347 g/mol. The van der Waals surface area contributed by atoms with Gasteiger partial charge in [-0.2, -0.15) is 0 Å². The van der Waals surface area contributed by atoms with Gasteiger partial charge in [0, 0.05) is 11.6 Å². The van der Waals surface area contributed by atoms with Crippen LogP contribution in [0.4, 0.5) is 0 Å². The minimum atomic E-state index is -3.61. The van der Waals surface area contributed by atoms with Crippen LogP contribution in [0.2, 0.25) is 5.02 Å². The number of hydrogen-bond acceptors (Lipinski definition) is 4. The molecule has 0 spiro atoms. The van der Waals surface area contributed by atoms with Crippen molar-refractivity contribution in [1.29, 1.82) is 0 Å². The Morgan fingerprint density at radius 2 is 2.00 bits per heavy atom. The Balaban J connectivity index is 1.89. The maximum Gasteiger partial charge on any atom is 0.244 e. The number of halogens is 1. The molecule has 0 unspecified atom stereocenters. The summed E-state index contributed by atoms with van der Waals surface area (Å²) in [5.41, 5.74) is 0. The number of nitrogens with one attached hydrogen (secondary N) is 1. The predicted octanol–water partition coefficient (Wildman–Crippen LogP) is 2.50. The van der Waals surface area contributed by atoms with Gasteiger partial charge in [0.1, 0.15) is 10.6 Å². The van der Waals surface area contributed by atoms with E-state index in [2.05, 4.69) is 9.62 Å². The van der Waals surface area contributed by atoms with Crippen molar-refractivity contribution in [2.24, 2.45) is 0 Å². The van der Waals surface area contributed by atoms with Crippen molar-refractivity contribution in [3.8, 4) is 5.75 Å². The second-order valence-electron chi connectivity index (χ2n) is 5.45. The van der Waals surface area contributed by atoms with E-state index in [1.165, 1.54) is 32.4 Å². The van der Waals surface area contributed by atoms with Gasteiger partial charge < -0.3 is 9.64 Å². The zero-order valence-corrected chi connectivity index (χ0v) is 14.4. The van der Waals surface area contributed by atoms with Crippen LogP contribution < -0.4 is 9.46 Å². The van der Waals surface area contributed by atoms with E-state index in [9.17, 15) is 8.42 Å². The summed E-state index contributed by atoms with van der Waals surface area (Å²) in [4.78, 5) is 2.47. The highest BCUT2D eigenvalue weighted by Crippen LogP contribution is 2.26. The number of nitrogens with zero attached hydrogens (tertiary/aromatic N) is 1. The maximum atomic E-state index is 12.4. The molecule has 1 aromatic carbocycles. The highest BCUT2D eigenvalue weighted by Gasteiger charge is 2.19. The number of ether oxygens (including phenoxy) is 1. The molecule has 2 rings (SSSR count). The SMILES string of the molecule is COc1ccc(Cl)cc1S(=O)(=O)NCCCN1CCCCC1. The van der Waals surface area contributed by atoms with Gasteiger partial charge in [0.2, 0.25) is 10.0 Å². The highest BCUT2D eigenvalue weighted by atomic mass is 35.5. The molecule has 1 aromatic rings. The number of hydrogen-bond donors (Lipinski definition) is 1. The quantitative estimate of drug-likeness (QED) is 0.771. The lowest BCUT2D eigenvalue weighted by Gasteiger charge is -2.26. The van der Waals surface area contributed by atoms with Crippen molar-refractivity contribution in [3.63, 3.8) is 0 Å². The van der Waals surface area contributed by atoms with E-state index >= 15 is 0 Å². The molecular formula is C15H23ClN2O3S. The van der Waals surface area contributed by atoms with Gasteiger partial charge in [-0.25, -0.2) is 13.1 Å². The number of benzene rings is 1. The molecule has 0 saturated carbocycles. The van der Waals surface area contributed by atoms with E-state index in [1.54, 1.807) is 12.1 Å². The third-order valence-corrected chi connectivity index (χ3v) is 5.52. The molecule has 0 radical (unpaired) electrons. The van der Waals surface area contributed by atoms with Crippen molar-refractivity contribution in [3.05, 3.63) is 23.2 Å².